The lowest BCUT2D eigenvalue weighted by Gasteiger charge is -2.47. The number of aliphatic hydroxyl groups excluding tert-OH is 14. The number of carbonyl (C=O) groups excluding carboxylic acids is 2. The molecule has 5 aliphatic heterocycles. The second kappa shape index (κ2) is 29.2. The Hall–Kier alpha value is -2.26. The molecule has 2 unspecified atom stereocenters. The van der Waals surface area contributed by atoms with Crippen LogP contribution in [0.5, 0.6) is 0 Å². The van der Waals surface area contributed by atoms with Crippen LogP contribution in [-0.4, -0.2) is 293 Å². The molecular weight excluding hydrogens is 1170 g/mol. The van der Waals surface area contributed by atoms with E-state index in [9.17, 15) is 110 Å². The van der Waals surface area contributed by atoms with Crippen molar-refractivity contribution in [2.75, 3.05) is 49.4 Å². The smallest absolute Gasteiger partial charge is 0.394 e. The van der Waals surface area contributed by atoms with E-state index in [1.165, 1.54) is 11.8 Å². The minimum atomic E-state index is -5.87. The minimum absolute atomic E-state index is 0.0614. The third-order valence-electron chi connectivity index (χ3n) is 12.9. The van der Waals surface area contributed by atoms with E-state index >= 15 is 0 Å². The van der Waals surface area contributed by atoms with Gasteiger partial charge in [0.1, 0.15) is 110 Å². The number of amides is 2. The van der Waals surface area contributed by atoms with Crippen LogP contribution in [0.15, 0.2) is 21.9 Å². The molecule has 460 valence electrons. The van der Waals surface area contributed by atoms with Crippen molar-refractivity contribution in [2.45, 2.75) is 161 Å². The Morgan fingerprint density at radius 2 is 1.21 bits per heavy atom. The summed E-state index contributed by atoms with van der Waals surface area (Å²) < 4.78 is 79.5. The summed E-state index contributed by atoms with van der Waals surface area (Å²) in [6.07, 6.45) is -38.0. The fourth-order valence-electron chi connectivity index (χ4n) is 8.70. The molecule has 0 aromatic carbocycles. The zero-order chi connectivity index (χ0) is 59.1. The summed E-state index contributed by atoms with van der Waals surface area (Å²) in [5.41, 5.74) is -1.85. The second-order valence-electron chi connectivity index (χ2n) is 18.7. The highest BCUT2D eigenvalue weighted by Gasteiger charge is 2.54. The highest BCUT2D eigenvalue weighted by molar-refractivity contribution is 8.00. The van der Waals surface area contributed by atoms with E-state index in [1.807, 2.05) is 4.98 Å². The Labute approximate surface area is 459 Å². The number of aliphatic hydroxyl groups is 14. The zero-order valence-electron chi connectivity index (χ0n) is 41.7. The van der Waals surface area contributed by atoms with Crippen molar-refractivity contribution in [2.24, 2.45) is 0 Å². The maximum atomic E-state index is 13.1. The number of rotatable bonds is 25. The van der Waals surface area contributed by atoms with Gasteiger partial charge in [0.05, 0.1) is 38.3 Å². The average molecular weight is 1240 g/mol. The van der Waals surface area contributed by atoms with Gasteiger partial charge in [-0.25, -0.2) is 13.9 Å². The number of phosphoric acid groups is 2. The summed E-state index contributed by atoms with van der Waals surface area (Å²) in [4.78, 5) is 71.4. The Morgan fingerprint density at radius 3 is 1.84 bits per heavy atom. The molecular formula is C40H66N4O32P2S2. The van der Waals surface area contributed by atoms with Gasteiger partial charge in [-0.2, -0.15) is 27.8 Å². The van der Waals surface area contributed by atoms with Crippen LogP contribution >= 0.6 is 39.2 Å². The summed E-state index contributed by atoms with van der Waals surface area (Å²) in [6.45, 7) is -2.62. The van der Waals surface area contributed by atoms with Gasteiger partial charge in [-0.3, -0.25) is 33.0 Å². The fraction of sp³-hybridized carbons (Fsp3) is 0.850. The number of ether oxygens (including phenoxy) is 7. The predicted octanol–water partition coefficient (Wildman–Crippen LogP) is -10.2. The van der Waals surface area contributed by atoms with Crippen LogP contribution in [0.3, 0.4) is 0 Å². The zero-order valence-corrected chi connectivity index (χ0v) is 45.1. The van der Waals surface area contributed by atoms with Gasteiger partial charge in [0.25, 0.3) is 5.56 Å². The average Bonchev–Trinajstić information content (AvgIpc) is 3.77. The monoisotopic (exact) mass is 1240 g/mol. The third-order valence-corrected chi connectivity index (χ3v) is 17.7. The lowest BCUT2D eigenvalue weighted by Crippen LogP contribution is -2.67. The van der Waals surface area contributed by atoms with Crippen molar-refractivity contribution in [1.82, 2.24) is 20.2 Å². The summed E-state index contributed by atoms with van der Waals surface area (Å²) in [7, 11) is -11.6. The van der Waals surface area contributed by atoms with Gasteiger partial charge in [0.15, 0.2) is 31.4 Å². The lowest BCUT2D eigenvalue weighted by molar-refractivity contribution is -0.358. The molecule has 0 radical (unpaired) electrons. The molecule has 1 aromatic rings. The first kappa shape index (κ1) is 66.9. The number of hydrogen-bond donors (Lipinski definition) is 19. The molecule has 5 aliphatic rings. The number of nitrogens with zero attached hydrogens (tertiary/aromatic N) is 1. The SMILES string of the molecule is CC(=O)N[C@H]1[C@H](O[C@@H]2[C@@H](OC[C@H]3O[C@@H](O)[C@@H](O)[C@@H](O)[C@@H]3O)O[C@H](CSCCCSCC(=O)N[C@H]3[C@@H](OP(=O)(O)OP(=O)(O)OC[C@H]4O[C@@H](n5ccc(=O)[nH]c5=O)[C@H](O)[C@@H]4O)O[C@H](CO)[C@@H](O)[C@@H]3O)[C@@H](O)[C@@H]2O)O[C@H](CO)[C@@H](O)[C@@H]1O. The maximum Gasteiger partial charge on any atom is 0.483 e. The lowest BCUT2D eigenvalue weighted by atomic mass is 9.96. The molecule has 80 heavy (non-hydrogen) atoms. The number of thioether (sulfide) groups is 2. The fourth-order valence-corrected chi connectivity index (χ4v) is 12.8. The highest BCUT2D eigenvalue weighted by Crippen LogP contribution is 2.61. The number of aromatic nitrogens is 2. The van der Waals surface area contributed by atoms with Gasteiger partial charge in [-0.1, -0.05) is 0 Å². The van der Waals surface area contributed by atoms with E-state index in [0.29, 0.717) is 16.7 Å². The maximum absolute atomic E-state index is 13.1. The van der Waals surface area contributed by atoms with Crippen molar-refractivity contribution < 1.29 is 147 Å². The molecule has 5 fully saturated rings. The molecule has 1 aromatic heterocycles. The van der Waals surface area contributed by atoms with E-state index in [0.717, 1.165) is 30.9 Å². The standard InChI is InChI=1S/C40H66N4O32P2S2/c1-13(47)41-21-28(55)23(50)14(7-45)71-37(21)74-34-31(58)27(54)18(73-39(34)67-9-16-25(52)30(57)33(60)36(61)70-16)11-79-5-2-6-80-12-20(49)42-22-29(56)24(51)15(8-46)72-38(22)75-78(65,66)76-77(63,64)68-10-17-26(53)32(59)35(69-17)44-4-3-19(48)43-40(44)62/h3-4,14-18,21-39,45-46,50-61H,2,5-12H2,1H3,(H,41,47)(H,42,49)(H,63,64)(H,65,66)(H,43,48,62)/t14-,15-,16-,17-,18-,21-,22-,23-,24-,25-,26-,27-,28-,29-,30+,31+,32-,33+,34+,35-,36-,37+,38-,39+/m1/s1. The Balaban J connectivity index is 0.998. The van der Waals surface area contributed by atoms with Crippen LogP contribution in [0.1, 0.15) is 19.6 Å². The van der Waals surface area contributed by atoms with E-state index < -0.39 is 212 Å². The first-order chi connectivity index (χ1) is 37.6. The number of carbonyl (C=O) groups is 2. The molecule has 0 bridgehead atoms. The largest absolute Gasteiger partial charge is 0.483 e. The normalized spacial score (nSPS) is 41.1. The molecule has 36 nitrogen and oxygen atoms in total. The Bertz CT molecular complexity index is 2410. The molecule has 26 atom stereocenters. The molecule has 0 saturated carbocycles. The number of phosphoric ester groups is 2. The Kier molecular flexibility index (Phi) is 24.4. The molecule has 6 heterocycles. The van der Waals surface area contributed by atoms with Crippen molar-refractivity contribution in [1.29, 1.82) is 0 Å². The summed E-state index contributed by atoms with van der Waals surface area (Å²) in [6, 6.07) is -2.54. The predicted molar refractivity (Wildman–Crippen MR) is 260 cm³/mol. The van der Waals surface area contributed by atoms with Crippen LogP contribution in [0.4, 0.5) is 0 Å². The molecule has 6 rings (SSSR count). The first-order valence-corrected chi connectivity index (χ1v) is 29.5. The van der Waals surface area contributed by atoms with Gasteiger partial charge in [-0.15, -0.1) is 0 Å². The van der Waals surface area contributed by atoms with Crippen molar-refractivity contribution in [3.63, 3.8) is 0 Å². The number of nitrogens with one attached hydrogen (secondary N) is 3. The molecule has 40 heteroatoms. The van der Waals surface area contributed by atoms with Crippen LogP contribution in [0.25, 0.3) is 0 Å². The summed E-state index contributed by atoms with van der Waals surface area (Å²) >= 11 is 2.19. The van der Waals surface area contributed by atoms with Gasteiger partial charge in [0, 0.05) is 24.9 Å². The Morgan fingerprint density at radius 1 is 0.650 bits per heavy atom. The van der Waals surface area contributed by atoms with Crippen LogP contribution in [0, 0.1) is 0 Å². The van der Waals surface area contributed by atoms with Crippen molar-refractivity contribution >= 4 is 51.0 Å². The van der Waals surface area contributed by atoms with Crippen molar-refractivity contribution in [3.8, 4) is 0 Å². The quantitative estimate of drug-likeness (QED) is 0.0319. The number of hydrogen-bond acceptors (Lipinski definition) is 32. The highest BCUT2D eigenvalue weighted by atomic mass is 32.2. The third kappa shape index (κ3) is 16.8. The van der Waals surface area contributed by atoms with Gasteiger partial charge in [-0.05, 0) is 17.9 Å². The topological polar surface area (TPSA) is 563 Å². The van der Waals surface area contributed by atoms with Gasteiger partial charge in [0.2, 0.25) is 11.8 Å². The van der Waals surface area contributed by atoms with E-state index in [4.69, 9.17) is 37.7 Å². The molecule has 5 saturated heterocycles. The van der Waals surface area contributed by atoms with Gasteiger partial charge < -0.3 is 125 Å². The minimum Gasteiger partial charge on any atom is -0.394 e. The molecule has 0 spiro atoms. The van der Waals surface area contributed by atoms with E-state index in [2.05, 4.69) is 19.5 Å². The molecule has 19 N–H and O–H groups in total. The molecule has 2 amide bonds. The van der Waals surface area contributed by atoms with Gasteiger partial charge >= 0.3 is 21.3 Å². The number of H-pyrrole nitrogens is 1. The van der Waals surface area contributed by atoms with E-state index in [-0.39, 0.29) is 17.3 Å². The summed E-state index contributed by atoms with van der Waals surface area (Å²) in [5, 5.41) is 151. The first-order valence-electron chi connectivity index (χ1n) is 24.2. The molecule has 0 aliphatic carbocycles. The van der Waals surface area contributed by atoms with Crippen molar-refractivity contribution in [3.05, 3.63) is 33.1 Å². The van der Waals surface area contributed by atoms with E-state index in [1.54, 1.807) is 0 Å². The number of aromatic amines is 1. The van der Waals surface area contributed by atoms with Crippen LogP contribution in [0.2, 0.25) is 0 Å². The second-order valence-corrected chi connectivity index (χ2v) is 23.9. The van der Waals surface area contributed by atoms with Crippen LogP contribution in [-0.2, 0) is 65.2 Å². The van der Waals surface area contributed by atoms with Crippen LogP contribution < -0.4 is 21.9 Å². The summed E-state index contributed by atoms with van der Waals surface area (Å²) in [5.74, 6) is -1.48.